The van der Waals surface area contributed by atoms with Gasteiger partial charge in [0.25, 0.3) is 0 Å². The minimum absolute atomic E-state index is 0.221. The Morgan fingerprint density at radius 2 is 1.16 bits per heavy atom. The molecule has 1 amide bonds. The standard InChI is InChI=1S/C35H67NO13/c1-3-5-7-9-11-12-13-14-16-18-24(39)23(36-27(40)19-17-15-10-8-6-4-2)22-46-34-32(45)30(43)33(26(21-38)48-34)49-35-31(44)29(42)28(41)25(20-37)47-35/h23-26,28-35,37-39,41-45H,3-22H2,1-2H3,(H,36,40). The minimum atomic E-state index is -1.77. The molecule has 0 aromatic heterocycles. The predicted octanol–water partition coefficient (Wildman–Crippen LogP) is 1.14. The van der Waals surface area contributed by atoms with Crippen LogP contribution in [-0.4, -0.2) is 140 Å². The quantitative estimate of drug-likeness (QED) is 0.0575. The molecule has 290 valence electrons. The number of aliphatic hydroxyl groups is 8. The highest BCUT2D eigenvalue weighted by molar-refractivity contribution is 5.76. The molecule has 49 heavy (non-hydrogen) atoms. The van der Waals surface area contributed by atoms with E-state index >= 15 is 0 Å². The van der Waals surface area contributed by atoms with E-state index in [9.17, 15) is 45.6 Å². The van der Waals surface area contributed by atoms with Crippen molar-refractivity contribution in [2.75, 3.05) is 19.8 Å². The number of carbonyl (C=O) groups is 1. The molecule has 12 unspecified atom stereocenters. The van der Waals surface area contributed by atoms with Crippen molar-refractivity contribution in [3.8, 4) is 0 Å². The van der Waals surface area contributed by atoms with Crippen LogP contribution in [0.15, 0.2) is 0 Å². The third-order valence-electron chi connectivity index (χ3n) is 9.57. The first-order valence-electron chi connectivity index (χ1n) is 18.8. The lowest BCUT2D eigenvalue weighted by atomic mass is 9.97. The van der Waals surface area contributed by atoms with Gasteiger partial charge in [0.05, 0.1) is 32.0 Å². The monoisotopic (exact) mass is 709 g/mol. The molecule has 0 aliphatic carbocycles. The lowest BCUT2D eigenvalue weighted by molar-refractivity contribution is -0.359. The van der Waals surface area contributed by atoms with Gasteiger partial charge in [-0.2, -0.15) is 0 Å². The summed E-state index contributed by atoms with van der Waals surface area (Å²) >= 11 is 0. The second kappa shape index (κ2) is 25.0. The number of hydrogen-bond acceptors (Lipinski definition) is 13. The molecule has 0 saturated carbocycles. The van der Waals surface area contributed by atoms with Crippen LogP contribution in [0.2, 0.25) is 0 Å². The Balaban J connectivity index is 1.97. The fourth-order valence-corrected chi connectivity index (χ4v) is 6.35. The first kappa shape index (κ1) is 44.2. The van der Waals surface area contributed by atoms with Crippen LogP contribution < -0.4 is 5.32 Å². The third kappa shape index (κ3) is 15.2. The van der Waals surface area contributed by atoms with E-state index in [2.05, 4.69) is 19.2 Å². The molecule has 2 fully saturated rings. The summed E-state index contributed by atoms with van der Waals surface area (Å²) in [5.41, 5.74) is 0. The molecule has 0 bridgehead atoms. The molecule has 2 aliphatic rings. The van der Waals surface area contributed by atoms with Crippen LogP contribution >= 0.6 is 0 Å². The summed E-state index contributed by atoms with van der Waals surface area (Å²) in [5.74, 6) is -0.221. The smallest absolute Gasteiger partial charge is 0.220 e. The van der Waals surface area contributed by atoms with E-state index in [1.54, 1.807) is 0 Å². The van der Waals surface area contributed by atoms with E-state index in [0.717, 1.165) is 64.2 Å². The highest BCUT2D eigenvalue weighted by Crippen LogP contribution is 2.30. The van der Waals surface area contributed by atoms with Crippen molar-refractivity contribution < 1.29 is 64.6 Å². The first-order valence-corrected chi connectivity index (χ1v) is 18.8. The normalized spacial score (nSPS) is 31.8. The van der Waals surface area contributed by atoms with Crippen LogP contribution in [0.25, 0.3) is 0 Å². The Hall–Kier alpha value is -1.01. The van der Waals surface area contributed by atoms with E-state index in [1.165, 1.54) is 32.1 Å². The Morgan fingerprint density at radius 3 is 1.73 bits per heavy atom. The summed E-state index contributed by atoms with van der Waals surface area (Å²) < 4.78 is 22.5. The van der Waals surface area contributed by atoms with Crippen LogP contribution in [-0.2, 0) is 23.7 Å². The molecule has 2 heterocycles. The van der Waals surface area contributed by atoms with Crippen molar-refractivity contribution in [2.24, 2.45) is 0 Å². The van der Waals surface area contributed by atoms with Crippen LogP contribution in [0.1, 0.15) is 123 Å². The average Bonchev–Trinajstić information content (AvgIpc) is 3.09. The fourth-order valence-electron chi connectivity index (χ4n) is 6.35. The van der Waals surface area contributed by atoms with Gasteiger partial charge in [0.2, 0.25) is 5.91 Å². The van der Waals surface area contributed by atoms with E-state index in [0.29, 0.717) is 12.8 Å². The lowest BCUT2D eigenvalue weighted by Gasteiger charge is -2.46. The molecule has 9 N–H and O–H groups in total. The van der Waals surface area contributed by atoms with Gasteiger partial charge in [0.1, 0.15) is 48.8 Å². The van der Waals surface area contributed by atoms with Crippen LogP contribution in [0.3, 0.4) is 0 Å². The third-order valence-corrected chi connectivity index (χ3v) is 9.57. The zero-order valence-corrected chi connectivity index (χ0v) is 29.7. The largest absolute Gasteiger partial charge is 0.394 e. The van der Waals surface area contributed by atoms with Gasteiger partial charge in [0.15, 0.2) is 12.6 Å². The van der Waals surface area contributed by atoms with Crippen molar-refractivity contribution in [1.82, 2.24) is 5.32 Å². The SMILES string of the molecule is CCCCCCCCCCCC(O)C(COC1OC(CO)C(OC2OC(CO)C(O)C(O)C2O)C(O)C1O)NC(=O)CCCCCCCC. The predicted molar refractivity (Wildman–Crippen MR) is 180 cm³/mol. The average molecular weight is 710 g/mol. The van der Waals surface area contributed by atoms with Gasteiger partial charge >= 0.3 is 0 Å². The maximum absolute atomic E-state index is 12.9. The topological polar surface area (TPSA) is 228 Å². The van der Waals surface area contributed by atoms with Gasteiger partial charge in [-0.1, -0.05) is 104 Å². The molecular weight excluding hydrogens is 642 g/mol. The van der Waals surface area contributed by atoms with Gasteiger partial charge < -0.3 is 65.1 Å². The number of amides is 1. The van der Waals surface area contributed by atoms with Crippen molar-refractivity contribution in [3.63, 3.8) is 0 Å². The molecule has 2 saturated heterocycles. The van der Waals surface area contributed by atoms with Crippen molar-refractivity contribution in [3.05, 3.63) is 0 Å². The number of unbranched alkanes of at least 4 members (excludes halogenated alkanes) is 13. The summed E-state index contributed by atoms with van der Waals surface area (Å²) in [6, 6.07) is -0.815. The zero-order valence-electron chi connectivity index (χ0n) is 29.7. The van der Waals surface area contributed by atoms with Crippen molar-refractivity contribution >= 4 is 5.91 Å². The molecule has 14 heteroatoms. The van der Waals surface area contributed by atoms with E-state index in [1.807, 2.05) is 0 Å². The van der Waals surface area contributed by atoms with Gasteiger partial charge in [-0.15, -0.1) is 0 Å². The summed E-state index contributed by atoms with van der Waals surface area (Å²) in [7, 11) is 0. The van der Waals surface area contributed by atoms with Gasteiger partial charge in [-0.3, -0.25) is 4.79 Å². The van der Waals surface area contributed by atoms with E-state index < -0.39 is 86.8 Å². The highest BCUT2D eigenvalue weighted by atomic mass is 16.7. The molecule has 0 spiro atoms. The maximum Gasteiger partial charge on any atom is 0.220 e. The molecule has 0 aromatic carbocycles. The molecule has 12 atom stereocenters. The second-order valence-corrected chi connectivity index (χ2v) is 13.7. The Bertz CT molecular complexity index is 852. The molecule has 0 radical (unpaired) electrons. The van der Waals surface area contributed by atoms with Crippen LogP contribution in [0.4, 0.5) is 0 Å². The highest BCUT2D eigenvalue weighted by Gasteiger charge is 2.50. The second-order valence-electron chi connectivity index (χ2n) is 13.7. The first-order chi connectivity index (χ1) is 23.6. The van der Waals surface area contributed by atoms with Gasteiger partial charge in [-0.25, -0.2) is 0 Å². The molecule has 2 rings (SSSR count). The van der Waals surface area contributed by atoms with Crippen molar-refractivity contribution in [1.29, 1.82) is 0 Å². The summed E-state index contributed by atoms with van der Waals surface area (Å²) in [4.78, 5) is 12.9. The number of hydrogen-bond donors (Lipinski definition) is 9. The van der Waals surface area contributed by atoms with E-state index in [-0.39, 0.29) is 12.5 Å². The molecule has 0 aromatic rings. The number of nitrogens with one attached hydrogen (secondary N) is 1. The van der Waals surface area contributed by atoms with Crippen LogP contribution in [0.5, 0.6) is 0 Å². The summed E-state index contributed by atoms with van der Waals surface area (Å²) in [5, 5.41) is 85.8. The van der Waals surface area contributed by atoms with Crippen LogP contribution in [0, 0.1) is 0 Å². The number of aliphatic hydroxyl groups excluding tert-OH is 8. The lowest BCUT2D eigenvalue weighted by Crippen LogP contribution is -2.65. The summed E-state index contributed by atoms with van der Waals surface area (Å²) in [6.07, 6.45) is 0.362. The number of carbonyl (C=O) groups excluding carboxylic acids is 1. The maximum atomic E-state index is 12.9. The minimum Gasteiger partial charge on any atom is -0.394 e. The van der Waals surface area contributed by atoms with E-state index in [4.69, 9.17) is 18.9 Å². The molecule has 14 nitrogen and oxygen atoms in total. The number of ether oxygens (including phenoxy) is 4. The molecule has 2 aliphatic heterocycles. The number of rotatable bonds is 26. The Morgan fingerprint density at radius 1 is 0.653 bits per heavy atom. The Kier molecular flexibility index (Phi) is 22.6. The van der Waals surface area contributed by atoms with Gasteiger partial charge in [0, 0.05) is 6.42 Å². The molecular formula is C35H67NO13. The summed E-state index contributed by atoms with van der Waals surface area (Å²) in [6.45, 7) is 2.70. The van der Waals surface area contributed by atoms with Gasteiger partial charge in [-0.05, 0) is 12.8 Å². The van der Waals surface area contributed by atoms with Crippen molar-refractivity contribution in [2.45, 2.75) is 197 Å². The Labute approximate surface area is 292 Å². The fraction of sp³-hybridized carbons (Fsp3) is 0.971. The zero-order chi connectivity index (χ0) is 36.2.